The van der Waals surface area contributed by atoms with Crippen molar-refractivity contribution in [1.29, 1.82) is 0 Å². The molecule has 1 saturated heterocycles. The van der Waals surface area contributed by atoms with Crippen molar-refractivity contribution in [2.45, 2.75) is 38.7 Å². The maximum absolute atomic E-state index is 12.3. The van der Waals surface area contributed by atoms with Gasteiger partial charge in [0.15, 0.2) is 0 Å². The van der Waals surface area contributed by atoms with Gasteiger partial charge in [0.1, 0.15) is 0 Å². The molecule has 20 heavy (non-hydrogen) atoms. The van der Waals surface area contributed by atoms with Crippen LogP contribution < -0.4 is 0 Å². The molecule has 2 unspecified atom stereocenters. The Morgan fingerprint density at radius 3 is 3.00 bits per heavy atom. The number of ether oxygens (including phenoxy) is 1. The minimum Gasteiger partial charge on any atom is -0.375 e. The van der Waals surface area contributed by atoms with Gasteiger partial charge in [0.25, 0.3) is 0 Å². The van der Waals surface area contributed by atoms with Crippen LogP contribution in [0, 0.1) is 6.92 Å². The molecule has 1 aromatic carbocycles. The molecule has 1 amide bonds. The van der Waals surface area contributed by atoms with Crippen LogP contribution in [0.5, 0.6) is 0 Å². The molecule has 1 aromatic rings. The van der Waals surface area contributed by atoms with Gasteiger partial charge in [0.2, 0.25) is 5.91 Å². The molecule has 0 saturated carbocycles. The third-order valence-electron chi connectivity index (χ3n) is 3.50. The van der Waals surface area contributed by atoms with E-state index in [0.29, 0.717) is 18.9 Å². The molecular formula is C16H23NO2S. The molecule has 0 aromatic heterocycles. The predicted octanol–water partition coefficient (Wildman–Crippen LogP) is 2.86. The average Bonchev–Trinajstić information content (AvgIpc) is 2.41. The number of hydrogen-bond acceptors (Lipinski definition) is 3. The molecule has 110 valence electrons. The molecule has 0 spiro atoms. The number of morpholine rings is 1. The molecule has 0 radical (unpaired) electrons. The summed E-state index contributed by atoms with van der Waals surface area (Å²) in [4.78, 5) is 14.2. The van der Waals surface area contributed by atoms with E-state index in [-0.39, 0.29) is 18.1 Å². The zero-order valence-electron chi connectivity index (χ0n) is 12.5. The van der Waals surface area contributed by atoms with Crippen LogP contribution in [-0.2, 0) is 15.3 Å². The number of carbonyl (C=O) groups excluding carboxylic acids is 1. The topological polar surface area (TPSA) is 29.5 Å². The molecule has 3 nitrogen and oxygen atoms in total. The first-order valence-electron chi connectivity index (χ1n) is 7.10. The number of benzene rings is 1. The fourth-order valence-corrected chi connectivity index (χ4v) is 3.25. The third kappa shape index (κ3) is 4.25. The normalized spacial score (nSPS) is 22.9. The minimum absolute atomic E-state index is 0.150. The van der Waals surface area contributed by atoms with E-state index in [1.165, 1.54) is 11.1 Å². The lowest BCUT2D eigenvalue weighted by atomic mass is 10.2. The van der Waals surface area contributed by atoms with Crippen LogP contribution >= 0.6 is 11.8 Å². The van der Waals surface area contributed by atoms with Crippen LogP contribution in [0.2, 0.25) is 0 Å². The van der Waals surface area contributed by atoms with E-state index in [1.807, 2.05) is 11.8 Å². The fraction of sp³-hybridized carbons (Fsp3) is 0.562. The summed E-state index contributed by atoms with van der Waals surface area (Å²) in [6.07, 6.45) is 0.150. The monoisotopic (exact) mass is 293 g/mol. The first-order chi connectivity index (χ1) is 9.56. The Morgan fingerprint density at radius 1 is 1.45 bits per heavy atom. The summed E-state index contributed by atoms with van der Waals surface area (Å²) in [7, 11) is 0. The van der Waals surface area contributed by atoms with Gasteiger partial charge in [-0.3, -0.25) is 4.79 Å². The van der Waals surface area contributed by atoms with Crippen molar-refractivity contribution in [3.05, 3.63) is 35.4 Å². The van der Waals surface area contributed by atoms with Crippen LogP contribution in [0.4, 0.5) is 0 Å². The van der Waals surface area contributed by atoms with Gasteiger partial charge in [-0.2, -0.15) is 0 Å². The number of carbonyl (C=O) groups is 1. The van der Waals surface area contributed by atoms with Crippen LogP contribution in [0.25, 0.3) is 0 Å². The molecule has 0 aliphatic carbocycles. The van der Waals surface area contributed by atoms with Gasteiger partial charge in [-0.15, -0.1) is 11.8 Å². The summed E-state index contributed by atoms with van der Waals surface area (Å²) in [6, 6.07) is 8.65. The fourth-order valence-electron chi connectivity index (χ4n) is 2.39. The van der Waals surface area contributed by atoms with Crippen LogP contribution in [0.3, 0.4) is 0 Å². The van der Waals surface area contributed by atoms with Gasteiger partial charge >= 0.3 is 0 Å². The van der Waals surface area contributed by atoms with Crippen LogP contribution in [0.1, 0.15) is 25.0 Å². The highest BCUT2D eigenvalue weighted by atomic mass is 32.2. The van der Waals surface area contributed by atoms with E-state index in [0.717, 1.165) is 5.75 Å². The number of hydrogen-bond donors (Lipinski definition) is 0. The smallest absolute Gasteiger partial charge is 0.232 e. The quantitative estimate of drug-likeness (QED) is 0.855. The first-order valence-corrected chi connectivity index (χ1v) is 8.26. The molecule has 1 aliphatic rings. The van der Waals surface area contributed by atoms with Crippen LogP contribution in [0.15, 0.2) is 24.3 Å². The highest BCUT2D eigenvalue weighted by Gasteiger charge is 2.26. The summed E-state index contributed by atoms with van der Waals surface area (Å²) in [5.41, 5.74) is 2.55. The molecular weight excluding hydrogens is 270 g/mol. The summed E-state index contributed by atoms with van der Waals surface area (Å²) < 4.78 is 5.56. The molecule has 0 N–H and O–H groups in total. The molecule has 2 atom stereocenters. The standard InChI is InChI=1S/C16H23NO2S/c1-12-5-4-6-15(7-12)10-20-11-16(18)17-8-14(3)19-9-13(17)2/h4-7,13-14H,8-11H2,1-3H3. The highest BCUT2D eigenvalue weighted by Crippen LogP contribution is 2.17. The minimum atomic E-state index is 0.150. The van der Waals surface area contributed by atoms with Crippen molar-refractivity contribution in [2.75, 3.05) is 18.9 Å². The molecule has 1 aliphatic heterocycles. The Labute approximate surface area is 125 Å². The Morgan fingerprint density at radius 2 is 2.25 bits per heavy atom. The Balaban J connectivity index is 1.80. The Kier molecular flexibility index (Phi) is 5.49. The number of thioether (sulfide) groups is 1. The maximum Gasteiger partial charge on any atom is 0.232 e. The van der Waals surface area contributed by atoms with E-state index in [9.17, 15) is 4.79 Å². The molecule has 1 heterocycles. The largest absolute Gasteiger partial charge is 0.375 e. The lowest BCUT2D eigenvalue weighted by Gasteiger charge is -2.36. The molecule has 0 bridgehead atoms. The van der Waals surface area contributed by atoms with Gasteiger partial charge in [-0.1, -0.05) is 29.8 Å². The van der Waals surface area contributed by atoms with E-state index in [1.54, 1.807) is 11.8 Å². The van der Waals surface area contributed by atoms with Crippen molar-refractivity contribution < 1.29 is 9.53 Å². The number of aryl methyl sites for hydroxylation is 1. The van der Waals surface area contributed by atoms with E-state index < -0.39 is 0 Å². The van der Waals surface area contributed by atoms with Crippen LogP contribution in [-0.4, -0.2) is 41.9 Å². The lowest BCUT2D eigenvalue weighted by molar-refractivity contribution is -0.140. The second-order valence-electron chi connectivity index (χ2n) is 5.52. The second-order valence-corrected chi connectivity index (χ2v) is 6.51. The highest BCUT2D eigenvalue weighted by molar-refractivity contribution is 7.99. The Hall–Kier alpha value is -1.00. The SMILES string of the molecule is Cc1cccc(CSCC(=O)N2CC(C)OCC2C)c1. The average molecular weight is 293 g/mol. The van der Waals surface area contributed by atoms with E-state index in [2.05, 4.69) is 38.1 Å². The first kappa shape index (κ1) is 15.4. The Bertz CT molecular complexity index is 464. The molecule has 1 fully saturated rings. The number of nitrogens with zero attached hydrogens (tertiary/aromatic N) is 1. The van der Waals surface area contributed by atoms with Crippen molar-refractivity contribution in [3.8, 4) is 0 Å². The van der Waals surface area contributed by atoms with Gasteiger partial charge in [-0.05, 0) is 26.3 Å². The van der Waals surface area contributed by atoms with Gasteiger partial charge in [0.05, 0.1) is 24.5 Å². The van der Waals surface area contributed by atoms with Crippen molar-refractivity contribution in [3.63, 3.8) is 0 Å². The zero-order valence-corrected chi connectivity index (χ0v) is 13.3. The van der Waals surface area contributed by atoms with Gasteiger partial charge in [-0.25, -0.2) is 0 Å². The number of amides is 1. The predicted molar refractivity (Wildman–Crippen MR) is 83.9 cm³/mol. The molecule has 4 heteroatoms. The molecule has 2 rings (SSSR count). The summed E-state index contributed by atoms with van der Waals surface area (Å²) in [6.45, 7) is 7.53. The number of rotatable bonds is 4. The van der Waals surface area contributed by atoms with Gasteiger partial charge < -0.3 is 9.64 Å². The zero-order chi connectivity index (χ0) is 14.5. The third-order valence-corrected chi connectivity index (χ3v) is 4.49. The van der Waals surface area contributed by atoms with E-state index >= 15 is 0 Å². The van der Waals surface area contributed by atoms with Gasteiger partial charge in [0, 0.05) is 12.3 Å². The second kappa shape index (κ2) is 7.14. The van der Waals surface area contributed by atoms with Crippen molar-refractivity contribution >= 4 is 17.7 Å². The summed E-state index contributed by atoms with van der Waals surface area (Å²) in [5, 5.41) is 0. The summed E-state index contributed by atoms with van der Waals surface area (Å²) in [5.74, 6) is 1.66. The maximum atomic E-state index is 12.3. The van der Waals surface area contributed by atoms with E-state index in [4.69, 9.17) is 4.74 Å². The van der Waals surface area contributed by atoms with Crippen molar-refractivity contribution in [2.24, 2.45) is 0 Å². The summed E-state index contributed by atoms with van der Waals surface area (Å²) >= 11 is 1.69. The van der Waals surface area contributed by atoms with Crippen molar-refractivity contribution in [1.82, 2.24) is 4.90 Å². The lowest BCUT2D eigenvalue weighted by Crippen LogP contribution is -2.50.